The number of rotatable bonds is 3. The van der Waals surface area contributed by atoms with Gasteiger partial charge in [-0.25, -0.2) is 8.42 Å². The van der Waals surface area contributed by atoms with Crippen LogP contribution in [0.25, 0.3) is 0 Å². The Morgan fingerprint density at radius 2 is 1.95 bits per heavy atom. The van der Waals surface area contributed by atoms with Crippen LogP contribution in [-0.2, 0) is 9.84 Å². The zero-order chi connectivity index (χ0) is 14.8. The Morgan fingerprint density at radius 3 is 2.60 bits per heavy atom. The standard InChI is InChI=1S/C14H10ClNO3S/c1-20(17,18)13-4-2-3-12(8-13)19-14-7-11(15)6-5-10(14)9-16/h2-8H,1H3. The van der Waals surface area contributed by atoms with E-state index >= 15 is 0 Å². The van der Waals surface area contributed by atoms with E-state index in [0.717, 1.165) is 6.26 Å². The first-order chi connectivity index (χ1) is 9.40. The second-order valence-corrected chi connectivity index (χ2v) is 6.55. The highest BCUT2D eigenvalue weighted by atomic mass is 35.5. The van der Waals surface area contributed by atoms with Gasteiger partial charge in [-0.1, -0.05) is 17.7 Å². The molecule has 2 aromatic carbocycles. The zero-order valence-electron chi connectivity index (χ0n) is 10.5. The molecule has 0 amide bonds. The van der Waals surface area contributed by atoms with Crippen LogP contribution >= 0.6 is 11.6 Å². The molecule has 0 spiro atoms. The predicted octanol–water partition coefficient (Wildman–Crippen LogP) is 3.41. The van der Waals surface area contributed by atoms with Crippen LogP contribution in [0.3, 0.4) is 0 Å². The van der Waals surface area contributed by atoms with E-state index in [2.05, 4.69) is 0 Å². The molecule has 0 N–H and O–H groups in total. The molecule has 20 heavy (non-hydrogen) atoms. The normalized spacial score (nSPS) is 10.8. The molecule has 4 nitrogen and oxygen atoms in total. The van der Waals surface area contributed by atoms with E-state index in [1.165, 1.54) is 24.3 Å². The minimum atomic E-state index is -3.31. The van der Waals surface area contributed by atoms with E-state index in [-0.39, 0.29) is 10.6 Å². The van der Waals surface area contributed by atoms with Gasteiger partial charge < -0.3 is 4.74 Å². The molecule has 0 atom stereocenters. The highest BCUT2D eigenvalue weighted by Gasteiger charge is 2.10. The van der Waals surface area contributed by atoms with Crippen LogP contribution in [-0.4, -0.2) is 14.7 Å². The van der Waals surface area contributed by atoms with Crippen LogP contribution in [0.1, 0.15) is 5.56 Å². The topological polar surface area (TPSA) is 67.2 Å². The summed E-state index contributed by atoms with van der Waals surface area (Å²) >= 11 is 5.86. The van der Waals surface area contributed by atoms with Crippen molar-refractivity contribution >= 4 is 21.4 Å². The molecule has 0 aliphatic rings. The summed E-state index contributed by atoms with van der Waals surface area (Å²) in [6.07, 6.45) is 1.12. The lowest BCUT2D eigenvalue weighted by molar-refractivity contribution is 0.479. The van der Waals surface area contributed by atoms with Crippen LogP contribution in [0.5, 0.6) is 11.5 Å². The molecular weight excluding hydrogens is 298 g/mol. The molecule has 0 saturated carbocycles. The number of nitrogens with zero attached hydrogens (tertiary/aromatic N) is 1. The summed E-state index contributed by atoms with van der Waals surface area (Å²) in [5.41, 5.74) is 0.319. The summed E-state index contributed by atoms with van der Waals surface area (Å²) < 4.78 is 28.5. The van der Waals surface area contributed by atoms with Crippen molar-refractivity contribution in [3.8, 4) is 17.6 Å². The second-order valence-electron chi connectivity index (χ2n) is 4.10. The molecule has 0 heterocycles. The maximum absolute atomic E-state index is 11.5. The van der Waals surface area contributed by atoms with Crippen molar-refractivity contribution in [1.82, 2.24) is 0 Å². The summed E-state index contributed by atoms with van der Waals surface area (Å²) in [6, 6.07) is 12.7. The van der Waals surface area contributed by atoms with Gasteiger partial charge in [0.15, 0.2) is 9.84 Å². The molecule has 0 saturated heterocycles. The fraction of sp³-hybridized carbons (Fsp3) is 0.0714. The van der Waals surface area contributed by atoms with Crippen molar-refractivity contribution in [2.45, 2.75) is 4.90 Å². The van der Waals surface area contributed by atoms with Crippen LogP contribution in [0.4, 0.5) is 0 Å². The van der Waals surface area contributed by atoms with Gasteiger partial charge in [-0.3, -0.25) is 0 Å². The Labute approximate surface area is 122 Å². The Morgan fingerprint density at radius 1 is 1.20 bits per heavy atom. The molecule has 0 bridgehead atoms. The third-order valence-electron chi connectivity index (χ3n) is 2.53. The summed E-state index contributed by atoms with van der Waals surface area (Å²) in [5, 5.41) is 9.43. The third kappa shape index (κ3) is 3.29. The monoisotopic (exact) mass is 307 g/mol. The van der Waals surface area contributed by atoms with Gasteiger partial charge >= 0.3 is 0 Å². The minimum absolute atomic E-state index is 0.149. The Kier molecular flexibility index (Phi) is 3.98. The zero-order valence-corrected chi connectivity index (χ0v) is 12.1. The van der Waals surface area contributed by atoms with Gasteiger partial charge in [-0.2, -0.15) is 5.26 Å². The van der Waals surface area contributed by atoms with Gasteiger partial charge in [0, 0.05) is 17.3 Å². The van der Waals surface area contributed by atoms with E-state index in [4.69, 9.17) is 21.6 Å². The number of hydrogen-bond acceptors (Lipinski definition) is 4. The predicted molar refractivity (Wildman–Crippen MR) is 75.8 cm³/mol. The van der Waals surface area contributed by atoms with E-state index < -0.39 is 9.84 Å². The summed E-state index contributed by atoms with van der Waals surface area (Å²) in [4.78, 5) is 0.149. The lowest BCUT2D eigenvalue weighted by atomic mass is 10.2. The summed E-state index contributed by atoms with van der Waals surface area (Å²) in [5.74, 6) is 0.609. The molecule has 2 rings (SSSR count). The average Bonchev–Trinajstić information content (AvgIpc) is 2.38. The summed E-state index contributed by atoms with van der Waals surface area (Å²) in [6.45, 7) is 0. The molecule has 102 valence electrons. The SMILES string of the molecule is CS(=O)(=O)c1cccc(Oc2cc(Cl)ccc2C#N)c1. The van der Waals surface area contributed by atoms with E-state index in [0.29, 0.717) is 16.3 Å². The lowest BCUT2D eigenvalue weighted by Gasteiger charge is -2.08. The molecule has 0 radical (unpaired) electrons. The van der Waals surface area contributed by atoms with Gasteiger partial charge in [-0.05, 0) is 30.3 Å². The van der Waals surface area contributed by atoms with Crippen molar-refractivity contribution in [3.05, 3.63) is 53.1 Å². The minimum Gasteiger partial charge on any atom is -0.456 e. The first-order valence-electron chi connectivity index (χ1n) is 5.58. The first kappa shape index (κ1) is 14.4. The quantitative estimate of drug-likeness (QED) is 0.871. The largest absolute Gasteiger partial charge is 0.456 e. The van der Waals surface area contributed by atoms with Gasteiger partial charge in [0.2, 0.25) is 0 Å². The number of sulfone groups is 1. The Balaban J connectivity index is 2.41. The lowest BCUT2D eigenvalue weighted by Crippen LogP contribution is -1.97. The first-order valence-corrected chi connectivity index (χ1v) is 7.85. The number of halogens is 1. The summed E-state index contributed by atoms with van der Waals surface area (Å²) in [7, 11) is -3.31. The number of hydrogen-bond donors (Lipinski definition) is 0. The van der Waals surface area contributed by atoms with Crippen molar-refractivity contribution in [2.75, 3.05) is 6.26 Å². The second kappa shape index (κ2) is 5.53. The van der Waals surface area contributed by atoms with Crippen molar-refractivity contribution < 1.29 is 13.2 Å². The number of ether oxygens (including phenoxy) is 1. The van der Waals surface area contributed by atoms with Gasteiger partial charge in [0.25, 0.3) is 0 Å². The van der Waals surface area contributed by atoms with E-state index in [1.54, 1.807) is 18.2 Å². The average molecular weight is 308 g/mol. The van der Waals surface area contributed by atoms with Crippen molar-refractivity contribution in [3.63, 3.8) is 0 Å². The highest BCUT2D eigenvalue weighted by Crippen LogP contribution is 2.29. The number of benzene rings is 2. The molecule has 0 aromatic heterocycles. The maximum Gasteiger partial charge on any atom is 0.175 e. The molecule has 0 aliphatic heterocycles. The highest BCUT2D eigenvalue weighted by molar-refractivity contribution is 7.90. The Hall–Kier alpha value is -2.03. The Bertz CT molecular complexity index is 794. The van der Waals surface area contributed by atoms with E-state index in [1.807, 2.05) is 6.07 Å². The fourth-order valence-corrected chi connectivity index (χ4v) is 2.39. The maximum atomic E-state index is 11.5. The molecular formula is C14H10ClNO3S. The van der Waals surface area contributed by atoms with Crippen LogP contribution in [0.15, 0.2) is 47.4 Å². The fourth-order valence-electron chi connectivity index (χ4n) is 1.57. The molecule has 2 aromatic rings. The van der Waals surface area contributed by atoms with Crippen molar-refractivity contribution in [1.29, 1.82) is 5.26 Å². The van der Waals surface area contributed by atoms with Gasteiger partial charge in [0.05, 0.1) is 10.5 Å². The van der Waals surface area contributed by atoms with E-state index in [9.17, 15) is 8.42 Å². The van der Waals surface area contributed by atoms with Crippen LogP contribution in [0.2, 0.25) is 5.02 Å². The molecule has 0 aliphatic carbocycles. The molecule has 6 heteroatoms. The van der Waals surface area contributed by atoms with Crippen LogP contribution in [0, 0.1) is 11.3 Å². The molecule has 0 fully saturated rings. The molecule has 0 unspecified atom stereocenters. The van der Waals surface area contributed by atoms with Crippen molar-refractivity contribution in [2.24, 2.45) is 0 Å². The van der Waals surface area contributed by atoms with Gasteiger partial charge in [0.1, 0.15) is 17.6 Å². The van der Waals surface area contributed by atoms with Crippen LogP contribution < -0.4 is 4.74 Å². The number of nitriles is 1. The smallest absolute Gasteiger partial charge is 0.175 e. The third-order valence-corrected chi connectivity index (χ3v) is 3.87. The van der Waals surface area contributed by atoms with Gasteiger partial charge in [-0.15, -0.1) is 0 Å².